The molecule has 0 bridgehead atoms. The third-order valence-corrected chi connectivity index (χ3v) is 7.25. The van der Waals surface area contributed by atoms with Crippen LogP contribution in [0.25, 0.3) is 22.5 Å². The number of H-pyrrole nitrogens is 1. The maximum Gasteiger partial charge on any atom is 0.251 e. The summed E-state index contributed by atoms with van der Waals surface area (Å²) >= 11 is 6.09. The highest BCUT2D eigenvalue weighted by Gasteiger charge is 2.42. The Bertz CT molecular complexity index is 1620. The van der Waals surface area contributed by atoms with Gasteiger partial charge in [-0.2, -0.15) is 4.68 Å². The zero-order valence-electron chi connectivity index (χ0n) is 19.6. The van der Waals surface area contributed by atoms with Crippen LogP contribution in [0.3, 0.4) is 0 Å². The van der Waals surface area contributed by atoms with E-state index in [4.69, 9.17) is 17.3 Å². The van der Waals surface area contributed by atoms with Gasteiger partial charge >= 0.3 is 0 Å². The molecule has 192 valence electrons. The molecule has 1 fully saturated rings. The van der Waals surface area contributed by atoms with E-state index in [0.29, 0.717) is 47.6 Å². The van der Waals surface area contributed by atoms with Crippen molar-refractivity contribution in [3.05, 3.63) is 82.5 Å². The summed E-state index contributed by atoms with van der Waals surface area (Å²) in [5, 5.41) is 11.0. The minimum Gasteiger partial charge on any atom is -0.366 e. The molecule has 0 spiro atoms. The van der Waals surface area contributed by atoms with Gasteiger partial charge in [-0.1, -0.05) is 11.6 Å². The molecule has 0 radical (unpaired) electrons. The van der Waals surface area contributed by atoms with E-state index in [1.807, 2.05) is 0 Å². The number of primary amides is 1. The van der Waals surface area contributed by atoms with E-state index in [-0.39, 0.29) is 34.1 Å². The molecule has 4 aromatic rings. The molecule has 3 N–H and O–H groups in total. The zero-order chi connectivity index (χ0) is 26.6. The fourth-order valence-electron chi connectivity index (χ4n) is 5.24. The molecule has 10 nitrogen and oxygen atoms in total. The maximum atomic E-state index is 15.3. The number of nitrogens with one attached hydrogen (secondary N) is 1. The highest BCUT2D eigenvalue weighted by Crippen LogP contribution is 2.44. The van der Waals surface area contributed by atoms with Gasteiger partial charge in [0.25, 0.3) is 5.91 Å². The molecule has 2 aliphatic heterocycles. The van der Waals surface area contributed by atoms with Crippen LogP contribution in [0.5, 0.6) is 0 Å². The summed E-state index contributed by atoms with van der Waals surface area (Å²) in [6.45, 7) is 0. The number of fused-ring (bicyclic) bond motifs is 1. The number of halogens is 3. The van der Waals surface area contributed by atoms with Gasteiger partial charge < -0.3 is 15.6 Å². The molecule has 6 rings (SSSR count). The molecule has 13 heteroatoms. The van der Waals surface area contributed by atoms with Crippen LogP contribution in [-0.4, -0.2) is 52.9 Å². The van der Waals surface area contributed by atoms with E-state index >= 15 is 4.39 Å². The number of tetrazole rings is 1. The summed E-state index contributed by atoms with van der Waals surface area (Å²) in [5.41, 5.74) is 7.20. The zero-order valence-corrected chi connectivity index (χ0v) is 20.4. The van der Waals surface area contributed by atoms with Gasteiger partial charge in [0.05, 0.1) is 34.2 Å². The number of aromatic nitrogens is 6. The average Bonchev–Trinajstić information content (AvgIpc) is 3.66. The van der Waals surface area contributed by atoms with Crippen molar-refractivity contribution >= 4 is 29.0 Å². The van der Waals surface area contributed by atoms with Crippen LogP contribution in [-0.2, 0) is 4.79 Å². The van der Waals surface area contributed by atoms with Crippen LogP contribution in [0.2, 0.25) is 5.02 Å². The molecule has 4 heterocycles. The van der Waals surface area contributed by atoms with E-state index in [1.54, 1.807) is 17.2 Å². The summed E-state index contributed by atoms with van der Waals surface area (Å²) in [7, 11) is 0. The largest absolute Gasteiger partial charge is 0.366 e. The molecule has 0 aliphatic carbocycles. The van der Waals surface area contributed by atoms with Gasteiger partial charge in [0.15, 0.2) is 5.82 Å². The molecular weight excluding hydrogens is 518 g/mol. The maximum absolute atomic E-state index is 15.3. The first-order valence-corrected chi connectivity index (χ1v) is 12.1. The molecule has 2 aromatic carbocycles. The Balaban J connectivity index is 1.31. The topological polar surface area (TPSA) is 136 Å². The number of amides is 2. The number of nitrogens with zero attached hydrogens (tertiary/aromatic N) is 6. The summed E-state index contributed by atoms with van der Waals surface area (Å²) in [6, 6.07) is 6.54. The molecule has 1 saturated heterocycles. The molecule has 0 saturated carbocycles. The quantitative estimate of drug-likeness (QED) is 0.400. The van der Waals surface area contributed by atoms with E-state index < -0.39 is 17.5 Å². The Morgan fingerprint density at radius 1 is 1.18 bits per heavy atom. The molecule has 2 atom stereocenters. The summed E-state index contributed by atoms with van der Waals surface area (Å²) < 4.78 is 30.5. The Kier molecular flexibility index (Phi) is 5.75. The summed E-state index contributed by atoms with van der Waals surface area (Å²) in [6.07, 6.45) is 6.04. The highest BCUT2D eigenvalue weighted by atomic mass is 35.5. The molecule has 38 heavy (non-hydrogen) atoms. The monoisotopic (exact) mass is 536 g/mol. The second-order valence-corrected chi connectivity index (χ2v) is 9.52. The van der Waals surface area contributed by atoms with Crippen LogP contribution in [0.4, 0.5) is 8.78 Å². The number of nitrogens with two attached hydrogens (primary N) is 1. The molecular formula is C25H19ClF2N8O2. The Morgan fingerprint density at radius 3 is 2.79 bits per heavy atom. The van der Waals surface area contributed by atoms with Gasteiger partial charge in [0.1, 0.15) is 18.0 Å². The Hall–Kier alpha value is -4.45. The second-order valence-electron chi connectivity index (χ2n) is 9.12. The fourth-order valence-corrected chi connectivity index (χ4v) is 5.40. The number of hydrogen-bond donors (Lipinski definition) is 2. The van der Waals surface area contributed by atoms with Gasteiger partial charge in [-0.05, 0) is 65.6 Å². The van der Waals surface area contributed by atoms with Crippen molar-refractivity contribution in [1.29, 1.82) is 0 Å². The van der Waals surface area contributed by atoms with Crippen molar-refractivity contribution in [2.75, 3.05) is 0 Å². The van der Waals surface area contributed by atoms with Gasteiger partial charge in [0.2, 0.25) is 5.91 Å². The third-order valence-electron chi connectivity index (χ3n) is 6.95. The third kappa shape index (κ3) is 3.93. The smallest absolute Gasteiger partial charge is 0.251 e. The lowest BCUT2D eigenvalue weighted by atomic mass is 9.92. The van der Waals surface area contributed by atoms with Crippen molar-refractivity contribution in [2.45, 2.75) is 31.3 Å². The van der Waals surface area contributed by atoms with Gasteiger partial charge in [-0.3, -0.25) is 9.59 Å². The Morgan fingerprint density at radius 2 is 2.03 bits per heavy atom. The lowest BCUT2D eigenvalue weighted by Crippen LogP contribution is -2.39. The predicted octanol–water partition coefficient (Wildman–Crippen LogP) is 3.60. The van der Waals surface area contributed by atoms with Crippen molar-refractivity contribution in [3.8, 4) is 16.9 Å². The number of imidazole rings is 1. The predicted molar refractivity (Wildman–Crippen MR) is 132 cm³/mol. The highest BCUT2D eigenvalue weighted by molar-refractivity contribution is 6.31. The number of carbonyl (C=O) groups is 2. The van der Waals surface area contributed by atoms with Crippen LogP contribution >= 0.6 is 11.6 Å². The number of hydrogen-bond acceptors (Lipinski definition) is 6. The SMILES string of the molecule is NC(=O)c1cc(-c2cnc([C@@H]3CC[C@H]4CC(c5c(-n6cnnn6)ccc(Cl)c5F)=CC(=O)N43)[nH]2)ccc1F. The minimum absolute atomic E-state index is 0.0692. The van der Waals surface area contributed by atoms with Crippen molar-refractivity contribution in [3.63, 3.8) is 0 Å². The van der Waals surface area contributed by atoms with Crippen LogP contribution < -0.4 is 5.73 Å². The molecule has 0 unspecified atom stereocenters. The lowest BCUT2D eigenvalue weighted by Gasteiger charge is -2.33. The van der Waals surface area contributed by atoms with Crippen molar-refractivity contribution in [1.82, 2.24) is 35.1 Å². The van der Waals surface area contributed by atoms with Gasteiger partial charge in [0, 0.05) is 23.2 Å². The molecule has 2 aromatic heterocycles. The van der Waals surface area contributed by atoms with Gasteiger partial charge in [-0.15, -0.1) is 5.10 Å². The molecule has 2 aliphatic rings. The molecule has 2 amide bonds. The van der Waals surface area contributed by atoms with Gasteiger partial charge in [-0.25, -0.2) is 13.8 Å². The van der Waals surface area contributed by atoms with Crippen molar-refractivity contribution in [2.24, 2.45) is 5.73 Å². The summed E-state index contributed by atoms with van der Waals surface area (Å²) in [5.74, 6) is -1.95. The fraction of sp³-hybridized carbons (Fsp3) is 0.200. The average molecular weight is 537 g/mol. The number of carbonyl (C=O) groups excluding carboxylic acids is 2. The number of benzene rings is 2. The van der Waals surface area contributed by atoms with Crippen molar-refractivity contribution < 1.29 is 18.4 Å². The van der Waals surface area contributed by atoms with Crippen LogP contribution in [0.15, 0.2) is 48.9 Å². The first-order valence-electron chi connectivity index (χ1n) is 11.7. The minimum atomic E-state index is -0.872. The normalized spacial score (nSPS) is 19.0. The Labute approximate surface area is 219 Å². The van der Waals surface area contributed by atoms with E-state index in [0.717, 1.165) is 0 Å². The first kappa shape index (κ1) is 23.9. The van der Waals surface area contributed by atoms with Crippen LogP contribution in [0, 0.1) is 11.6 Å². The lowest BCUT2D eigenvalue weighted by molar-refractivity contribution is -0.129. The second kappa shape index (κ2) is 9.14. The number of rotatable bonds is 5. The first-order chi connectivity index (χ1) is 18.3. The van der Waals surface area contributed by atoms with E-state index in [2.05, 4.69) is 25.5 Å². The van der Waals surface area contributed by atoms with E-state index in [1.165, 1.54) is 41.4 Å². The number of aromatic amines is 1. The van der Waals surface area contributed by atoms with Crippen LogP contribution in [0.1, 0.15) is 47.1 Å². The standard InChI is InChI=1S/C25H19ClF2N8O2/c26-16-3-6-19(35-11-31-33-34-35)22(23(16)28)13-7-14-2-5-20(36(14)21(37)9-13)25-30-10-18(32-25)12-1-4-17(27)15(8-12)24(29)38/h1,3-4,6,8-11,14,20H,2,5,7H2,(H2,29,38)(H,30,32)/t14-,20-/m0/s1. The summed E-state index contributed by atoms with van der Waals surface area (Å²) in [4.78, 5) is 34.3. The van der Waals surface area contributed by atoms with E-state index in [9.17, 15) is 14.0 Å².